The highest BCUT2D eigenvalue weighted by Crippen LogP contribution is 2.47. The van der Waals surface area contributed by atoms with Crippen molar-refractivity contribution in [1.82, 2.24) is 0 Å². The standard InChI is InChI=1S/C31H53F3/c1-3-5-21-8-13-25(14-9-21)28-19-18-26(30(33)31(28)34)15-10-22-6-11-24(12-7-22)27-17-16-23(4-2)29(32)20-27/h21-31H,3-20H2,1-2H3. The van der Waals surface area contributed by atoms with E-state index >= 15 is 8.78 Å². The smallest absolute Gasteiger partial charge is 0.134 e. The van der Waals surface area contributed by atoms with E-state index in [4.69, 9.17) is 0 Å². The molecule has 4 aliphatic rings. The van der Waals surface area contributed by atoms with Gasteiger partial charge < -0.3 is 0 Å². The van der Waals surface area contributed by atoms with E-state index in [-0.39, 0.29) is 11.8 Å². The molecule has 0 aromatic rings. The third-order valence-corrected chi connectivity index (χ3v) is 11.2. The van der Waals surface area contributed by atoms with Crippen LogP contribution in [0.1, 0.15) is 129 Å². The summed E-state index contributed by atoms with van der Waals surface area (Å²) in [6.07, 6.45) is 17.0. The molecule has 0 radical (unpaired) electrons. The van der Waals surface area contributed by atoms with Crippen molar-refractivity contribution in [1.29, 1.82) is 0 Å². The van der Waals surface area contributed by atoms with E-state index in [0.29, 0.717) is 29.6 Å². The molecule has 4 saturated carbocycles. The van der Waals surface area contributed by atoms with Gasteiger partial charge in [-0.15, -0.1) is 0 Å². The second-order valence-electron chi connectivity index (χ2n) is 13.1. The monoisotopic (exact) mass is 482 g/mol. The lowest BCUT2D eigenvalue weighted by molar-refractivity contribution is -0.0164. The second kappa shape index (κ2) is 12.8. The molecule has 0 aliphatic heterocycles. The van der Waals surface area contributed by atoms with Crippen LogP contribution in [0.25, 0.3) is 0 Å². The number of hydrogen-bond donors (Lipinski definition) is 0. The lowest BCUT2D eigenvalue weighted by atomic mass is 9.65. The fourth-order valence-corrected chi connectivity index (χ4v) is 8.83. The summed E-state index contributed by atoms with van der Waals surface area (Å²) >= 11 is 0. The van der Waals surface area contributed by atoms with Crippen LogP contribution in [0.4, 0.5) is 13.2 Å². The average Bonchev–Trinajstić information content (AvgIpc) is 2.86. The van der Waals surface area contributed by atoms with Gasteiger partial charge in [-0.25, -0.2) is 13.2 Å². The predicted molar refractivity (Wildman–Crippen MR) is 137 cm³/mol. The summed E-state index contributed by atoms with van der Waals surface area (Å²) in [7, 11) is 0. The molecule has 0 spiro atoms. The Morgan fingerprint density at radius 2 is 1.12 bits per heavy atom. The Bertz CT molecular complexity index is 577. The number of halogens is 3. The molecule has 0 aromatic heterocycles. The maximum absolute atomic E-state index is 15.2. The van der Waals surface area contributed by atoms with Gasteiger partial charge in [0.15, 0.2) is 0 Å². The molecule has 34 heavy (non-hydrogen) atoms. The van der Waals surface area contributed by atoms with Crippen LogP contribution in [-0.4, -0.2) is 18.5 Å². The largest absolute Gasteiger partial charge is 0.247 e. The quantitative estimate of drug-likeness (QED) is 0.323. The molecule has 0 nitrogen and oxygen atoms in total. The summed E-state index contributed by atoms with van der Waals surface area (Å²) in [5, 5.41) is 0. The number of alkyl halides is 3. The maximum atomic E-state index is 15.2. The van der Waals surface area contributed by atoms with Crippen LogP contribution in [0.3, 0.4) is 0 Å². The number of hydrogen-bond acceptors (Lipinski definition) is 0. The van der Waals surface area contributed by atoms with E-state index < -0.39 is 18.5 Å². The molecule has 0 heterocycles. The fourth-order valence-electron chi connectivity index (χ4n) is 8.83. The number of rotatable bonds is 8. The van der Waals surface area contributed by atoms with E-state index in [9.17, 15) is 4.39 Å². The Labute approximate surface area is 208 Å². The zero-order valence-electron chi connectivity index (χ0n) is 22.2. The van der Waals surface area contributed by atoms with Gasteiger partial charge in [-0.2, -0.15) is 0 Å². The maximum Gasteiger partial charge on any atom is 0.134 e. The Morgan fingerprint density at radius 1 is 0.529 bits per heavy atom. The van der Waals surface area contributed by atoms with Gasteiger partial charge >= 0.3 is 0 Å². The Morgan fingerprint density at radius 3 is 1.74 bits per heavy atom. The first-order valence-corrected chi connectivity index (χ1v) is 15.4. The van der Waals surface area contributed by atoms with Crippen LogP contribution in [0.5, 0.6) is 0 Å². The van der Waals surface area contributed by atoms with E-state index in [1.165, 1.54) is 57.8 Å². The SMILES string of the molecule is CCCC1CCC(C2CCC(CCC3CCC(C4CCC(CC)C(F)C4)CC3)C(F)C2F)CC1. The summed E-state index contributed by atoms with van der Waals surface area (Å²) < 4.78 is 44.9. The molecule has 0 N–H and O–H groups in total. The zero-order chi connectivity index (χ0) is 24.1. The summed E-state index contributed by atoms with van der Waals surface area (Å²) in [6.45, 7) is 4.38. The second-order valence-corrected chi connectivity index (χ2v) is 13.1. The minimum Gasteiger partial charge on any atom is -0.247 e. The lowest BCUT2D eigenvalue weighted by Gasteiger charge is -2.42. The summed E-state index contributed by atoms with van der Waals surface area (Å²) in [4.78, 5) is 0. The van der Waals surface area contributed by atoms with Crippen LogP contribution < -0.4 is 0 Å². The van der Waals surface area contributed by atoms with E-state index in [1.54, 1.807) is 0 Å². The van der Waals surface area contributed by atoms with Gasteiger partial charge in [0.2, 0.25) is 0 Å². The Kier molecular flexibility index (Phi) is 10.1. The van der Waals surface area contributed by atoms with Crippen molar-refractivity contribution in [3.63, 3.8) is 0 Å². The molecule has 198 valence electrons. The normalized spacial score (nSPS) is 46.3. The van der Waals surface area contributed by atoms with Crippen molar-refractivity contribution < 1.29 is 13.2 Å². The summed E-state index contributed by atoms with van der Waals surface area (Å²) in [5.74, 6) is 3.45. The molecular formula is C31H53F3. The molecule has 4 aliphatic carbocycles. The van der Waals surface area contributed by atoms with Crippen molar-refractivity contribution in [3.05, 3.63) is 0 Å². The fraction of sp³-hybridized carbons (Fsp3) is 1.00. The van der Waals surface area contributed by atoms with Crippen molar-refractivity contribution in [3.8, 4) is 0 Å². The molecule has 3 heteroatoms. The first kappa shape index (κ1) is 26.8. The van der Waals surface area contributed by atoms with Crippen molar-refractivity contribution in [2.75, 3.05) is 0 Å². The average molecular weight is 483 g/mol. The van der Waals surface area contributed by atoms with Crippen molar-refractivity contribution in [2.24, 2.45) is 47.3 Å². The molecule has 0 saturated heterocycles. The van der Waals surface area contributed by atoms with E-state index in [1.807, 2.05) is 0 Å². The highest BCUT2D eigenvalue weighted by atomic mass is 19.2. The predicted octanol–water partition coefficient (Wildman–Crippen LogP) is 10.0. The van der Waals surface area contributed by atoms with Gasteiger partial charge in [0.25, 0.3) is 0 Å². The van der Waals surface area contributed by atoms with Gasteiger partial charge in [0.05, 0.1) is 0 Å². The third-order valence-electron chi connectivity index (χ3n) is 11.2. The van der Waals surface area contributed by atoms with Crippen LogP contribution >= 0.6 is 0 Å². The molecule has 0 amide bonds. The minimum absolute atomic E-state index is 0.0219. The highest BCUT2D eigenvalue weighted by Gasteiger charge is 2.44. The van der Waals surface area contributed by atoms with Gasteiger partial charge in [-0.05, 0) is 112 Å². The summed E-state index contributed by atoms with van der Waals surface area (Å²) in [5.41, 5.74) is 0. The van der Waals surface area contributed by atoms with Crippen molar-refractivity contribution >= 4 is 0 Å². The Hall–Kier alpha value is -0.210. The minimum atomic E-state index is -1.24. The molecule has 7 unspecified atom stereocenters. The first-order chi connectivity index (χ1) is 16.5. The Balaban J connectivity index is 1.16. The molecule has 0 bridgehead atoms. The van der Waals surface area contributed by atoms with Gasteiger partial charge in [-0.1, -0.05) is 65.2 Å². The molecular weight excluding hydrogens is 429 g/mol. The van der Waals surface area contributed by atoms with Gasteiger partial charge in [-0.3, -0.25) is 0 Å². The third kappa shape index (κ3) is 6.56. The van der Waals surface area contributed by atoms with Gasteiger partial charge in [0.1, 0.15) is 18.5 Å². The zero-order valence-corrected chi connectivity index (χ0v) is 22.2. The highest BCUT2D eigenvalue weighted by molar-refractivity contribution is 4.93. The first-order valence-electron chi connectivity index (χ1n) is 15.4. The van der Waals surface area contributed by atoms with E-state index in [0.717, 1.165) is 63.7 Å². The van der Waals surface area contributed by atoms with Crippen LogP contribution in [0, 0.1) is 47.3 Å². The lowest BCUT2D eigenvalue weighted by Crippen LogP contribution is -2.42. The molecule has 7 atom stereocenters. The van der Waals surface area contributed by atoms with Gasteiger partial charge in [0, 0.05) is 0 Å². The molecule has 0 aromatic carbocycles. The molecule has 4 fully saturated rings. The van der Waals surface area contributed by atoms with Crippen LogP contribution in [-0.2, 0) is 0 Å². The van der Waals surface area contributed by atoms with Crippen LogP contribution in [0.15, 0.2) is 0 Å². The molecule has 4 rings (SSSR count). The van der Waals surface area contributed by atoms with Crippen LogP contribution in [0.2, 0.25) is 0 Å². The van der Waals surface area contributed by atoms with Crippen molar-refractivity contribution in [2.45, 2.75) is 148 Å². The summed E-state index contributed by atoms with van der Waals surface area (Å²) in [6, 6.07) is 0. The topological polar surface area (TPSA) is 0 Å². The van der Waals surface area contributed by atoms with E-state index in [2.05, 4.69) is 13.8 Å².